The number of aryl methyl sites for hydroxylation is 2. The predicted octanol–water partition coefficient (Wildman–Crippen LogP) is 4.34. The zero-order valence-electron chi connectivity index (χ0n) is 16.8. The first kappa shape index (κ1) is 20.2. The second-order valence-corrected chi connectivity index (χ2v) is 8.12. The van der Waals surface area contributed by atoms with Crippen molar-refractivity contribution < 1.29 is 4.79 Å². The van der Waals surface area contributed by atoms with Gasteiger partial charge in [-0.05, 0) is 42.7 Å². The van der Waals surface area contributed by atoms with Crippen molar-refractivity contribution in [2.75, 3.05) is 5.75 Å². The molecule has 0 saturated heterocycles. The van der Waals surface area contributed by atoms with Crippen LogP contribution in [0.3, 0.4) is 0 Å². The Labute approximate surface area is 179 Å². The molecule has 6 heteroatoms. The highest BCUT2D eigenvalue weighted by Crippen LogP contribution is 2.20. The van der Waals surface area contributed by atoms with Gasteiger partial charge in [0.05, 0.1) is 22.3 Å². The normalized spacial score (nSPS) is 11.1. The number of carbonyl (C=O) groups is 1. The highest BCUT2D eigenvalue weighted by molar-refractivity contribution is 7.99. The molecule has 0 aliphatic carbocycles. The van der Waals surface area contributed by atoms with Gasteiger partial charge >= 0.3 is 0 Å². The first-order chi connectivity index (χ1) is 14.6. The zero-order valence-corrected chi connectivity index (χ0v) is 17.6. The van der Waals surface area contributed by atoms with Crippen molar-refractivity contribution in [3.63, 3.8) is 0 Å². The second-order valence-electron chi connectivity index (χ2n) is 7.17. The fraction of sp³-hybridized carbons (Fsp3) is 0.208. The molecule has 0 radical (unpaired) electrons. The van der Waals surface area contributed by atoms with Crippen molar-refractivity contribution in [1.29, 1.82) is 0 Å². The zero-order chi connectivity index (χ0) is 20.9. The summed E-state index contributed by atoms with van der Waals surface area (Å²) in [4.78, 5) is 30.4. The van der Waals surface area contributed by atoms with Crippen LogP contribution in [0, 0.1) is 0 Å². The molecule has 2 aromatic heterocycles. The molecule has 0 aliphatic heterocycles. The molecule has 0 N–H and O–H groups in total. The van der Waals surface area contributed by atoms with Crippen LogP contribution >= 0.6 is 11.8 Å². The molecule has 2 heterocycles. The van der Waals surface area contributed by atoms with Crippen molar-refractivity contribution in [3.05, 3.63) is 94.5 Å². The first-order valence-corrected chi connectivity index (χ1v) is 10.9. The topological polar surface area (TPSA) is 56.9 Å². The third-order valence-corrected chi connectivity index (χ3v) is 6.05. The Morgan fingerprint density at radius 1 is 1.00 bits per heavy atom. The molecule has 0 fully saturated rings. The van der Waals surface area contributed by atoms with E-state index >= 15 is 0 Å². The summed E-state index contributed by atoms with van der Waals surface area (Å²) in [5.74, 6) is 0.257. The van der Waals surface area contributed by atoms with Crippen molar-refractivity contribution >= 4 is 28.4 Å². The number of hydrogen-bond donors (Lipinski definition) is 0. The van der Waals surface area contributed by atoms with Crippen LogP contribution in [0.1, 0.15) is 22.5 Å². The largest absolute Gasteiger partial charge is 0.348 e. The smallest absolute Gasteiger partial charge is 0.262 e. The number of carbonyl (C=O) groups excluding carboxylic acids is 1. The van der Waals surface area contributed by atoms with Crippen LogP contribution in [0.2, 0.25) is 0 Å². The van der Waals surface area contributed by atoms with E-state index in [4.69, 9.17) is 4.98 Å². The second kappa shape index (κ2) is 9.13. The Morgan fingerprint density at radius 2 is 1.77 bits per heavy atom. The standard InChI is InChI=1S/C24H23N3O2S/c1-26-15-8-14-21(26)22(28)17-30-24-25-20-13-6-5-12-19(20)23(29)27(24)16-7-11-18-9-3-2-4-10-18/h2-6,8-10,12-15H,7,11,16-17H2,1H3. The van der Waals surface area contributed by atoms with Crippen molar-refractivity contribution in [1.82, 2.24) is 14.1 Å². The fourth-order valence-electron chi connectivity index (χ4n) is 3.50. The van der Waals surface area contributed by atoms with E-state index in [1.165, 1.54) is 17.3 Å². The Hall–Kier alpha value is -3.12. The molecule has 152 valence electrons. The summed E-state index contributed by atoms with van der Waals surface area (Å²) in [5, 5.41) is 1.20. The van der Waals surface area contributed by atoms with E-state index in [2.05, 4.69) is 12.1 Å². The van der Waals surface area contributed by atoms with Gasteiger partial charge in [0.1, 0.15) is 0 Å². The molecule has 2 aromatic carbocycles. The van der Waals surface area contributed by atoms with Crippen LogP contribution < -0.4 is 5.56 Å². The lowest BCUT2D eigenvalue weighted by Crippen LogP contribution is -2.24. The third kappa shape index (κ3) is 4.39. The predicted molar refractivity (Wildman–Crippen MR) is 121 cm³/mol. The van der Waals surface area contributed by atoms with Crippen molar-refractivity contribution in [2.45, 2.75) is 24.5 Å². The molecule has 5 nitrogen and oxygen atoms in total. The number of nitrogens with zero attached hydrogens (tertiary/aromatic N) is 3. The Balaban J connectivity index is 1.58. The maximum absolute atomic E-state index is 13.1. The molecule has 0 aliphatic rings. The number of para-hydroxylation sites is 1. The van der Waals surface area contributed by atoms with Gasteiger partial charge in [-0.3, -0.25) is 14.2 Å². The minimum absolute atomic E-state index is 0.0192. The lowest BCUT2D eigenvalue weighted by molar-refractivity contribution is 0.101. The molecule has 0 unspecified atom stereocenters. The molecule has 30 heavy (non-hydrogen) atoms. The lowest BCUT2D eigenvalue weighted by atomic mass is 10.1. The van der Waals surface area contributed by atoms with Gasteiger partial charge < -0.3 is 4.57 Å². The van der Waals surface area contributed by atoms with Gasteiger partial charge in [0.2, 0.25) is 0 Å². The number of thioether (sulfide) groups is 1. The monoisotopic (exact) mass is 417 g/mol. The molecule has 4 aromatic rings. The SMILES string of the molecule is Cn1cccc1C(=O)CSc1nc2ccccc2c(=O)n1CCCc1ccccc1. The van der Waals surface area contributed by atoms with Crippen LogP contribution in [0.4, 0.5) is 0 Å². The molecular formula is C24H23N3O2S. The number of hydrogen-bond acceptors (Lipinski definition) is 4. The Morgan fingerprint density at radius 3 is 2.53 bits per heavy atom. The van der Waals surface area contributed by atoms with Gasteiger partial charge in [0, 0.05) is 19.8 Å². The van der Waals surface area contributed by atoms with E-state index in [0.717, 1.165) is 12.8 Å². The van der Waals surface area contributed by atoms with Crippen LogP contribution in [-0.4, -0.2) is 25.7 Å². The number of benzene rings is 2. The van der Waals surface area contributed by atoms with Gasteiger partial charge in [-0.1, -0.05) is 54.2 Å². The molecular weight excluding hydrogens is 394 g/mol. The number of Topliss-reactive ketones (excluding diaryl/α,β-unsaturated/α-hetero) is 1. The summed E-state index contributed by atoms with van der Waals surface area (Å²) in [7, 11) is 1.85. The lowest BCUT2D eigenvalue weighted by Gasteiger charge is -2.13. The maximum atomic E-state index is 13.1. The summed E-state index contributed by atoms with van der Waals surface area (Å²) in [5.41, 5.74) is 2.51. The summed E-state index contributed by atoms with van der Waals surface area (Å²) < 4.78 is 3.53. The molecule has 0 amide bonds. The fourth-order valence-corrected chi connectivity index (χ4v) is 4.40. The number of aromatic nitrogens is 3. The number of ketones is 1. The Bertz CT molecular complexity index is 1230. The van der Waals surface area contributed by atoms with Crippen LogP contribution in [0.5, 0.6) is 0 Å². The van der Waals surface area contributed by atoms with Crippen molar-refractivity contribution in [3.8, 4) is 0 Å². The van der Waals surface area contributed by atoms with Gasteiger partial charge in [0.25, 0.3) is 5.56 Å². The molecule has 0 spiro atoms. The quantitative estimate of drug-likeness (QED) is 0.243. The highest BCUT2D eigenvalue weighted by atomic mass is 32.2. The van der Waals surface area contributed by atoms with E-state index in [1.54, 1.807) is 4.57 Å². The third-order valence-electron chi connectivity index (χ3n) is 5.08. The number of fused-ring (bicyclic) bond motifs is 1. The Kier molecular flexibility index (Phi) is 6.14. The first-order valence-electron chi connectivity index (χ1n) is 9.94. The van der Waals surface area contributed by atoms with Crippen LogP contribution in [0.25, 0.3) is 10.9 Å². The average molecular weight is 418 g/mol. The molecule has 0 saturated carbocycles. The van der Waals surface area contributed by atoms with Gasteiger partial charge in [0.15, 0.2) is 10.9 Å². The van der Waals surface area contributed by atoms with E-state index in [0.29, 0.717) is 28.3 Å². The van der Waals surface area contributed by atoms with E-state index in [9.17, 15) is 9.59 Å². The minimum Gasteiger partial charge on any atom is -0.348 e. The van der Waals surface area contributed by atoms with Gasteiger partial charge in [-0.2, -0.15) is 0 Å². The minimum atomic E-state index is -0.0533. The van der Waals surface area contributed by atoms with Crippen LogP contribution in [0.15, 0.2) is 82.9 Å². The molecule has 4 rings (SSSR count). The van der Waals surface area contributed by atoms with E-state index < -0.39 is 0 Å². The summed E-state index contributed by atoms with van der Waals surface area (Å²) in [6.07, 6.45) is 3.56. The van der Waals surface area contributed by atoms with Gasteiger partial charge in [-0.15, -0.1) is 0 Å². The van der Waals surface area contributed by atoms with E-state index in [1.807, 2.05) is 72.4 Å². The molecule has 0 atom stereocenters. The summed E-state index contributed by atoms with van der Waals surface area (Å²) in [6, 6.07) is 21.3. The maximum Gasteiger partial charge on any atom is 0.262 e. The highest BCUT2D eigenvalue weighted by Gasteiger charge is 2.15. The summed E-state index contributed by atoms with van der Waals surface area (Å²) >= 11 is 1.33. The average Bonchev–Trinajstić information content (AvgIpc) is 3.20. The van der Waals surface area contributed by atoms with Gasteiger partial charge in [-0.25, -0.2) is 4.98 Å². The number of rotatable bonds is 8. The molecule has 0 bridgehead atoms. The van der Waals surface area contributed by atoms with Crippen molar-refractivity contribution in [2.24, 2.45) is 7.05 Å². The van der Waals surface area contributed by atoms with Crippen LogP contribution in [-0.2, 0) is 20.0 Å². The summed E-state index contributed by atoms with van der Waals surface area (Å²) in [6.45, 7) is 0.562. The van der Waals surface area contributed by atoms with E-state index in [-0.39, 0.29) is 17.1 Å².